The van der Waals surface area contributed by atoms with Gasteiger partial charge < -0.3 is 4.57 Å². The molecule has 0 aliphatic carbocycles. The van der Waals surface area contributed by atoms with E-state index in [4.69, 9.17) is 5.26 Å². The van der Waals surface area contributed by atoms with Crippen LogP contribution in [0.25, 0.3) is 11.2 Å². The van der Waals surface area contributed by atoms with Gasteiger partial charge in [-0.05, 0) is 28.9 Å². The van der Waals surface area contributed by atoms with Crippen LogP contribution in [0.1, 0.15) is 6.92 Å². The lowest BCUT2D eigenvalue weighted by atomic mass is 10.2. The highest BCUT2D eigenvalue weighted by molar-refractivity contribution is 9.10. The second-order valence-electron chi connectivity index (χ2n) is 3.42. The molecule has 2 heterocycles. The molecule has 4 nitrogen and oxygen atoms in total. The molecule has 2 aromatic heterocycles. The Morgan fingerprint density at radius 2 is 2.40 bits per heavy atom. The molecular weight excluding hydrogens is 256 g/mol. The van der Waals surface area contributed by atoms with Crippen LogP contribution in [0.2, 0.25) is 0 Å². The second kappa shape index (κ2) is 3.99. The number of hydrogen-bond donors (Lipinski definition) is 0. The fraction of sp³-hybridized carbons (Fsp3) is 0.300. The third kappa shape index (κ3) is 2.00. The number of rotatable bonds is 2. The molecule has 2 aromatic rings. The largest absolute Gasteiger partial charge is 0.314 e. The molecule has 0 aromatic carbocycles. The molecule has 15 heavy (non-hydrogen) atoms. The first-order valence-corrected chi connectivity index (χ1v) is 5.36. The number of aromatic nitrogens is 3. The van der Waals surface area contributed by atoms with Gasteiger partial charge in [-0.25, -0.2) is 9.97 Å². The molecule has 0 bridgehead atoms. The average Bonchev–Trinajstić information content (AvgIpc) is 2.60. The molecule has 0 radical (unpaired) electrons. The zero-order valence-corrected chi connectivity index (χ0v) is 9.77. The zero-order chi connectivity index (χ0) is 10.8. The van der Waals surface area contributed by atoms with Crippen LogP contribution in [-0.4, -0.2) is 14.5 Å². The lowest BCUT2D eigenvalue weighted by molar-refractivity contribution is 0.589. The predicted octanol–water partition coefficient (Wildman–Crippen LogP) is 2.35. The Kier molecular flexibility index (Phi) is 2.69. The van der Waals surface area contributed by atoms with E-state index in [1.54, 1.807) is 12.5 Å². The summed E-state index contributed by atoms with van der Waals surface area (Å²) in [4.78, 5) is 8.50. The number of nitriles is 1. The number of pyridine rings is 1. The van der Waals surface area contributed by atoms with Gasteiger partial charge in [0.05, 0.1) is 18.3 Å². The minimum atomic E-state index is -0.0344. The van der Waals surface area contributed by atoms with E-state index < -0.39 is 0 Å². The third-order valence-corrected chi connectivity index (χ3v) is 2.55. The summed E-state index contributed by atoms with van der Waals surface area (Å²) in [6.07, 6.45) is 3.45. The maximum Gasteiger partial charge on any atom is 0.159 e. The lowest BCUT2D eigenvalue weighted by Gasteiger charge is -2.03. The summed E-state index contributed by atoms with van der Waals surface area (Å²) in [5, 5.41) is 8.74. The Labute approximate surface area is 95.7 Å². The van der Waals surface area contributed by atoms with E-state index in [0.29, 0.717) is 6.54 Å². The van der Waals surface area contributed by atoms with Crippen LogP contribution in [0, 0.1) is 17.2 Å². The highest BCUT2D eigenvalue weighted by Crippen LogP contribution is 2.16. The number of halogens is 1. The molecule has 0 spiro atoms. The van der Waals surface area contributed by atoms with Gasteiger partial charge in [-0.15, -0.1) is 0 Å². The fourth-order valence-corrected chi connectivity index (χ4v) is 1.71. The monoisotopic (exact) mass is 264 g/mol. The molecule has 0 fully saturated rings. The van der Waals surface area contributed by atoms with Gasteiger partial charge in [0.15, 0.2) is 5.65 Å². The zero-order valence-electron chi connectivity index (χ0n) is 8.18. The first-order chi connectivity index (χ1) is 7.20. The SMILES string of the molecule is CC(C#N)Cn1cnc2cc(Br)cnc21. The smallest absolute Gasteiger partial charge is 0.159 e. The average molecular weight is 265 g/mol. The summed E-state index contributed by atoms with van der Waals surface area (Å²) in [6.45, 7) is 2.51. The third-order valence-electron chi connectivity index (χ3n) is 2.11. The van der Waals surface area contributed by atoms with E-state index in [1.165, 1.54) is 0 Å². The highest BCUT2D eigenvalue weighted by atomic mass is 79.9. The minimum absolute atomic E-state index is 0.0344. The number of hydrogen-bond acceptors (Lipinski definition) is 3. The first kappa shape index (κ1) is 10.1. The van der Waals surface area contributed by atoms with E-state index in [1.807, 2.05) is 17.6 Å². The van der Waals surface area contributed by atoms with Crippen LogP contribution < -0.4 is 0 Å². The molecule has 0 N–H and O–H groups in total. The van der Waals surface area contributed by atoms with Crippen LogP contribution in [0.3, 0.4) is 0 Å². The molecule has 5 heteroatoms. The van der Waals surface area contributed by atoms with Crippen LogP contribution in [-0.2, 0) is 6.54 Å². The van der Waals surface area contributed by atoms with Crippen molar-refractivity contribution in [1.82, 2.24) is 14.5 Å². The van der Waals surface area contributed by atoms with Crippen LogP contribution in [0.4, 0.5) is 0 Å². The summed E-state index contributed by atoms with van der Waals surface area (Å²) in [5.41, 5.74) is 1.66. The van der Waals surface area contributed by atoms with E-state index >= 15 is 0 Å². The summed E-state index contributed by atoms with van der Waals surface area (Å²) in [7, 11) is 0. The van der Waals surface area contributed by atoms with Crippen molar-refractivity contribution in [2.75, 3.05) is 0 Å². The number of fused-ring (bicyclic) bond motifs is 1. The fourth-order valence-electron chi connectivity index (χ4n) is 1.39. The van der Waals surface area contributed by atoms with E-state index in [2.05, 4.69) is 32.0 Å². The quantitative estimate of drug-likeness (QED) is 0.837. The van der Waals surface area contributed by atoms with Crippen molar-refractivity contribution in [3.63, 3.8) is 0 Å². The van der Waals surface area contributed by atoms with Gasteiger partial charge in [-0.3, -0.25) is 0 Å². The summed E-state index contributed by atoms with van der Waals surface area (Å²) in [6, 6.07) is 4.11. The van der Waals surface area contributed by atoms with Gasteiger partial charge in [0.1, 0.15) is 5.52 Å². The molecule has 0 amide bonds. The van der Waals surface area contributed by atoms with E-state index in [-0.39, 0.29) is 5.92 Å². The van der Waals surface area contributed by atoms with Crippen molar-refractivity contribution >= 4 is 27.1 Å². The normalized spacial score (nSPS) is 12.6. The van der Waals surface area contributed by atoms with Gasteiger partial charge in [0, 0.05) is 17.2 Å². The summed E-state index contributed by atoms with van der Waals surface area (Å²) < 4.78 is 2.81. The number of nitrogens with zero attached hydrogens (tertiary/aromatic N) is 4. The topological polar surface area (TPSA) is 54.5 Å². The van der Waals surface area contributed by atoms with Crippen molar-refractivity contribution in [1.29, 1.82) is 5.26 Å². The molecule has 0 aliphatic heterocycles. The summed E-state index contributed by atoms with van der Waals surface area (Å²) in [5.74, 6) is -0.0344. The van der Waals surface area contributed by atoms with Crippen molar-refractivity contribution in [3.05, 3.63) is 23.1 Å². The van der Waals surface area contributed by atoms with Crippen LogP contribution in [0.15, 0.2) is 23.1 Å². The van der Waals surface area contributed by atoms with Crippen molar-refractivity contribution < 1.29 is 0 Å². The van der Waals surface area contributed by atoms with Gasteiger partial charge in [0.2, 0.25) is 0 Å². The van der Waals surface area contributed by atoms with Gasteiger partial charge in [-0.1, -0.05) is 0 Å². The Bertz CT molecular complexity index is 526. The molecule has 0 aliphatic rings. The van der Waals surface area contributed by atoms with Crippen molar-refractivity contribution in [3.8, 4) is 6.07 Å². The standard InChI is InChI=1S/C10H9BrN4/c1-7(3-12)5-15-6-14-9-2-8(11)4-13-10(9)15/h2,4,6-7H,5H2,1H3. The lowest BCUT2D eigenvalue weighted by Crippen LogP contribution is -2.04. The molecule has 2 rings (SSSR count). The molecule has 76 valence electrons. The van der Waals surface area contributed by atoms with Gasteiger partial charge in [-0.2, -0.15) is 5.26 Å². The predicted molar refractivity (Wildman–Crippen MR) is 60.0 cm³/mol. The Hall–Kier alpha value is -1.41. The number of imidazole rings is 1. The van der Waals surface area contributed by atoms with Gasteiger partial charge in [0.25, 0.3) is 0 Å². The summed E-state index contributed by atoms with van der Waals surface area (Å²) >= 11 is 3.34. The van der Waals surface area contributed by atoms with Crippen molar-refractivity contribution in [2.45, 2.75) is 13.5 Å². The van der Waals surface area contributed by atoms with Crippen LogP contribution in [0.5, 0.6) is 0 Å². The Morgan fingerprint density at radius 3 is 3.13 bits per heavy atom. The Balaban J connectivity index is 2.42. The van der Waals surface area contributed by atoms with E-state index in [9.17, 15) is 0 Å². The maximum absolute atomic E-state index is 8.74. The van der Waals surface area contributed by atoms with Gasteiger partial charge >= 0.3 is 0 Å². The minimum Gasteiger partial charge on any atom is -0.314 e. The highest BCUT2D eigenvalue weighted by Gasteiger charge is 2.07. The molecule has 1 atom stereocenters. The Morgan fingerprint density at radius 1 is 1.60 bits per heavy atom. The maximum atomic E-state index is 8.74. The molecule has 0 saturated carbocycles. The second-order valence-corrected chi connectivity index (χ2v) is 4.34. The molecule has 1 unspecified atom stereocenters. The van der Waals surface area contributed by atoms with Crippen LogP contribution >= 0.6 is 15.9 Å². The first-order valence-electron chi connectivity index (χ1n) is 4.56. The molecule has 0 saturated heterocycles. The van der Waals surface area contributed by atoms with Crippen molar-refractivity contribution in [2.24, 2.45) is 5.92 Å². The molecular formula is C10H9BrN4. The van der Waals surface area contributed by atoms with E-state index in [0.717, 1.165) is 15.6 Å².